The van der Waals surface area contributed by atoms with Gasteiger partial charge in [-0.15, -0.1) is 0 Å². The third kappa shape index (κ3) is 2.10. The van der Waals surface area contributed by atoms with Gasteiger partial charge in [-0.2, -0.15) is 0 Å². The first kappa shape index (κ1) is 11.2. The van der Waals surface area contributed by atoms with Crippen LogP contribution in [0.5, 0.6) is 0 Å². The third-order valence-corrected chi connectivity index (χ3v) is 3.42. The Morgan fingerprint density at radius 1 is 0.875 bits per heavy atom. The summed E-state index contributed by atoms with van der Waals surface area (Å²) in [6.45, 7) is 2.28. The normalized spacial score (nSPS) is 14.0. The Hall–Kier alpha value is -1.34. The van der Waals surface area contributed by atoms with Gasteiger partial charge >= 0.3 is 0 Å². The number of hydrogen-bond donors (Lipinski definition) is 0. The summed E-state index contributed by atoms with van der Waals surface area (Å²) in [6.07, 6.45) is 0. The minimum Gasteiger partial charge on any atom is -0.325 e. The van der Waals surface area contributed by atoms with Crippen LogP contribution in [0.2, 0.25) is 0 Å². The second kappa shape index (κ2) is 3.91. The van der Waals surface area contributed by atoms with Crippen molar-refractivity contribution in [3.05, 3.63) is 48.0 Å². The van der Waals surface area contributed by atoms with E-state index in [0.29, 0.717) is 6.04 Å². The van der Waals surface area contributed by atoms with Crippen LogP contribution in [0.1, 0.15) is 18.5 Å². The topological polar surface area (TPSA) is 0 Å². The van der Waals surface area contributed by atoms with Gasteiger partial charge in [0.1, 0.15) is 6.04 Å². The van der Waals surface area contributed by atoms with Crippen molar-refractivity contribution in [3.8, 4) is 0 Å². The van der Waals surface area contributed by atoms with Crippen molar-refractivity contribution in [2.75, 3.05) is 21.1 Å². The number of rotatable bonds is 2. The summed E-state index contributed by atoms with van der Waals surface area (Å²) in [7, 11) is 6.71. The molecule has 0 fully saturated rings. The molecule has 16 heavy (non-hydrogen) atoms. The van der Waals surface area contributed by atoms with Gasteiger partial charge in [0, 0.05) is 5.56 Å². The summed E-state index contributed by atoms with van der Waals surface area (Å²) >= 11 is 0. The van der Waals surface area contributed by atoms with Crippen LogP contribution < -0.4 is 0 Å². The van der Waals surface area contributed by atoms with Gasteiger partial charge in [-0.05, 0) is 23.8 Å². The average Bonchev–Trinajstić information content (AvgIpc) is 2.26. The number of quaternary nitrogens is 1. The molecular formula is C15H20N+. The van der Waals surface area contributed by atoms with Gasteiger partial charge in [0.15, 0.2) is 0 Å². The number of hydrogen-bond acceptors (Lipinski definition) is 0. The Balaban J connectivity index is 2.47. The van der Waals surface area contributed by atoms with Crippen LogP contribution in [0.15, 0.2) is 42.5 Å². The van der Waals surface area contributed by atoms with Crippen LogP contribution in [0, 0.1) is 0 Å². The molecule has 0 saturated carbocycles. The Labute approximate surface area is 97.9 Å². The first-order chi connectivity index (χ1) is 7.48. The van der Waals surface area contributed by atoms with Crippen LogP contribution in [0.4, 0.5) is 0 Å². The minimum atomic E-state index is 0.518. The minimum absolute atomic E-state index is 0.518. The lowest BCUT2D eigenvalue weighted by molar-refractivity contribution is -0.900. The zero-order valence-corrected chi connectivity index (χ0v) is 10.6. The SMILES string of the molecule is CC(c1ccc2ccccc2c1)[N+](C)(C)C. The summed E-state index contributed by atoms with van der Waals surface area (Å²) in [4.78, 5) is 0. The Bertz CT molecular complexity index is 494. The molecule has 2 rings (SSSR count). The second-order valence-corrected chi connectivity index (χ2v) is 5.40. The molecule has 0 saturated heterocycles. The smallest absolute Gasteiger partial charge is 0.111 e. The molecule has 0 radical (unpaired) electrons. The van der Waals surface area contributed by atoms with E-state index in [-0.39, 0.29) is 0 Å². The van der Waals surface area contributed by atoms with Crippen molar-refractivity contribution in [3.63, 3.8) is 0 Å². The molecule has 1 heteroatoms. The van der Waals surface area contributed by atoms with Crippen LogP contribution in [0.3, 0.4) is 0 Å². The third-order valence-electron chi connectivity index (χ3n) is 3.42. The van der Waals surface area contributed by atoms with E-state index in [4.69, 9.17) is 0 Å². The second-order valence-electron chi connectivity index (χ2n) is 5.40. The lowest BCUT2D eigenvalue weighted by Gasteiger charge is -2.32. The zero-order chi connectivity index (χ0) is 11.8. The number of benzene rings is 2. The van der Waals surface area contributed by atoms with Crippen molar-refractivity contribution in [1.29, 1.82) is 0 Å². The number of fused-ring (bicyclic) bond motifs is 1. The molecule has 1 atom stereocenters. The molecule has 0 spiro atoms. The lowest BCUT2D eigenvalue weighted by Crippen LogP contribution is -2.37. The average molecular weight is 214 g/mol. The highest BCUT2D eigenvalue weighted by molar-refractivity contribution is 5.83. The maximum absolute atomic E-state index is 2.31. The van der Waals surface area contributed by atoms with Gasteiger partial charge in [-0.1, -0.05) is 36.4 Å². The monoisotopic (exact) mass is 214 g/mol. The van der Waals surface area contributed by atoms with Crippen molar-refractivity contribution >= 4 is 10.8 Å². The highest BCUT2D eigenvalue weighted by Gasteiger charge is 2.20. The molecule has 0 N–H and O–H groups in total. The predicted molar refractivity (Wildman–Crippen MR) is 70.4 cm³/mol. The summed E-state index contributed by atoms with van der Waals surface area (Å²) in [6, 6.07) is 15.8. The van der Waals surface area contributed by atoms with Gasteiger partial charge < -0.3 is 4.48 Å². The van der Waals surface area contributed by atoms with E-state index in [0.717, 1.165) is 4.48 Å². The van der Waals surface area contributed by atoms with E-state index in [2.05, 4.69) is 70.5 Å². The summed E-state index contributed by atoms with van der Waals surface area (Å²) in [5, 5.41) is 2.65. The molecule has 1 unspecified atom stereocenters. The predicted octanol–water partition coefficient (Wildman–Crippen LogP) is 3.61. The molecule has 0 aliphatic carbocycles. The summed E-state index contributed by atoms with van der Waals surface area (Å²) in [5.41, 5.74) is 1.41. The maximum atomic E-state index is 2.31. The summed E-state index contributed by atoms with van der Waals surface area (Å²) < 4.78 is 0.957. The molecule has 2 aromatic carbocycles. The van der Waals surface area contributed by atoms with Crippen molar-refractivity contribution in [2.24, 2.45) is 0 Å². The Kier molecular flexibility index (Phi) is 2.73. The fraction of sp³-hybridized carbons (Fsp3) is 0.333. The quantitative estimate of drug-likeness (QED) is 0.670. The lowest BCUT2D eigenvalue weighted by atomic mass is 10.0. The van der Waals surface area contributed by atoms with E-state index < -0.39 is 0 Å². The van der Waals surface area contributed by atoms with Gasteiger partial charge in [0.05, 0.1) is 21.1 Å². The largest absolute Gasteiger partial charge is 0.325 e. The highest BCUT2D eigenvalue weighted by Crippen LogP contribution is 2.25. The van der Waals surface area contributed by atoms with Crippen molar-refractivity contribution in [1.82, 2.24) is 0 Å². The van der Waals surface area contributed by atoms with Gasteiger partial charge in [0.25, 0.3) is 0 Å². The first-order valence-corrected chi connectivity index (χ1v) is 5.78. The molecule has 0 aliphatic rings. The maximum Gasteiger partial charge on any atom is 0.111 e. The molecule has 2 aromatic rings. The Morgan fingerprint density at radius 2 is 1.50 bits per heavy atom. The molecule has 0 aliphatic heterocycles. The summed E-state index contributed by atoms with van der Waals surface area (Å²) in [5.74, 6) is 0. The molecular weight excluding hydrogens is 194 g/mol. The van der Waals surface area contributed by atoms with Crippen LogP contribution in [-0.2, 0) is 0 Å². The van der Waals surface area contributed by atoms with E-state index in [1.807, 2.05) is 0 Å². The van der Waals surface area contributed by atoms with Gasteiger partial charge in [-0.25, -0.2) is 0 Å². The molecule has 0 heterocycles. The Morgan fingerprint density at radius 3 is 2.12 bits per heavy atom. The van der Waals surface area contributed by atoms with Crippen molar-refractivity contribution in [2.45, 2.75) is 13.0 Å². The van der Waals surface area contributed by atoms with E-state index >= 15 is 0 Å². The zero-order valence-electron chi connectivity index (χ0n) is 10.6. The molecule has 0 amide bonds. The molecule has 1 nitrogen and oxygen atoms in total. The van der Waals surface area contributed by atoms with Gasteiger partial charge in [0.2, 0.25) is 0 Å². The van der Waals surface area contributed by atoms with E-state index in [1.165, 1.54) is 16.3 Å². The fourth-order valence-electron chi connectivity index (χ4n) is 1.91. The van der Waals surface area contributed by atoms with Crippen LogP contribution >= 0.6 is 0 Å². The first-order valence-electron chi connectivity index (χ1n) is 5.78. The highest BCUT2D eigenvalue weighted by atomic mass is 15.3. The molecule has 0 aromatic heterocycles. The standard InChI is InChI=1S/C15H20N/c1-12(16(2,3)4)14-10-9-13-7-5-6-8-15(13)11-14/h5-12H,1-4H3/q+1. The fourth-order valence-corrected chi connectivity index (χ4v) is 1.91. The molecule has 0 bridgehead atoms. The molecule has 84 valence electrons. The van der Waals surface area contributed by atoms with Gasteiger partial charge in [-0.3, -0.25) is 0 Å². The van der Waals surface area contributed by atoms with Crippen LogP contribution in [0.25, 0.3) is 10.8 Å². The van der Waals surface area contributed by atoms with Crippen molar-refractivity contribution < 1.29 is 4.48 Å². The van der Waals surface area contributed by atoms with E-state index in [9.17, 15) is 0 Å². The number of nitrogens with zero attached hydrogens (tertiary/aromatic N) is 1. The van der Waals surface area contributed by atoms with E-state index in [1.54, 1.807) is 0 Å². The van der Waals surface area contributed by atoms with Crippen LogP contribution in [-0.4, -0.2) is 25.6 Å².